The first-order valence-corrected chi connectivity index (χ1v) is 5.97. The Kier molecular flexibility index (Phi) is 2.37. The van der Waals surface area contributed by atoms with Gasteiger partial charge in [-0.3, -0.25) is 4.79 Å². The zero-order chi connectivity index (χ0) is 11.9. The summed E-state index contributed by atoms with van der Waals surface area (Å²) in [6.07, 6.45) is 12.8. The molecule has 0 bridgehead atoms. The first-order valence-electron chi connectivity index (χ1n) is 5.59. The van der Waals surface area contributed by atoms with Crippen molar-refractivity contribution >= 4 is 28.9 Å². The molecule has 0 amide bonds. The van der Waals surface area contributed by atoms with E-state index in [0.717, 1.165) is 12.0 Å². The molecule has 0 saturated heterocycles. The monoisotopic (exact) mass is 246 g/mol. The molecule has 0 aromatic heterocycles. The van der Waals surface area contributed by atoms with Gasteiger partial charge in [0.05, 0.1) is 11.3 Å². The van der Waals surface area contributed by atoms with Crippen molar-refractivity contribution < 1.29 is 4.79 Å². The topological polar surface area (TPSA) is 41.8 Å². The average Bonchev–Trinajstić information content (AvgIpc) is 2.35. The quantitative estimate of drug-likeness (QED) is 0.656. The zero-order valence-corrected chi connectivity index (χ0v) is 9.89. The van der Waals surface area contributed by atoms with Gasteiger partial charge in [-0.25, -0.2) is 9.98 Å². The second kappa shape index (κ2) is 3.77. The molecule has 3 aliphatic rings. The Morgan fingerprint density at radius 1 is 1.47 bits per heavy atom. The summed E-state index contributed by atoms with van der Waals surface area (Å²) in [6.45, 7) is 0. The van der Waals surface area contributed by atoms with E-state index in [1.54, 1.807) is 12.4 Å². The van der Waals surface area contributed by atoms with E-state index in [2.05, 4.69) is 16.1 Å². The Morgan fingerprint density at radius 2 is 2.35 bits per heavy atom. The largest absolute Gasteiger partial charge is 0.281 e. The fraction of sp³-hybridized carbons (Fsp3) is 0.308. The van der Waals surface area contributed by atoms with E-state index in [1.807, 2.05) is 18.2 Å². The molecule has 3 rings (SSSR count). The van der Waals surface area contributed by atoms with Crippen LogP contribution in [-0.2, 0) is 4.79 Å². The SMILES string of the molecule is O=C(Cl)C1CC=CC2=CC=NC3=NC=CCC231. The molecule has 2 aliphatic heterocycles. The third-order valence-electron chi connectivity index (χ3n) is 3.65. The number of carbonyl (C=O) groups excluding carboxylic acids is 1. The van der Waals surface area contributed by atoms with Gasteiger partial charge in [0.25, 0.3) is 0 Å². The number of hydrogen-bond acceptors (Lipinski definition) is 3. The number of amidine groups is 1. The van der Waals surface area contributed by atoms with Crippen molar-refractivity contribution in [1.82, 2.24) is 0 Å². The molecule has 2 atom stereocenters. The van der Waals surface area contributed by atoms with E-state index in [0.29, 0.717) is 12.3 Å². The summed E-state index contributed by atoms with van der Waals surface area (Å²) in [7, 11) is 0. The number of aliphatic imine (C=N–C) groups is 2. The van der Waals surface area contributed by atoms with Crippen LogP contribution < -0.4 is 0 Å². The molecule has 0 fully saturated rings. The van der Waals surface area contributed by atoms with Gasteiger partial charge >= 0.3 is 0 Å². The summed E-state index contributed by atoms with van der Waals surface area (Å²) in [4.78, 5) is 20.3. The van der Waals surface area contributed by atoms with Gasteiger partial charge in [-0.15, -0.1) is 0 Å². The molecule has 0 aromatic carbocycles. The van der Waals surface area contributed by atoms with Crippen LogP contribution >= 0.6 is 11.6 Å². The molecule has 2 unspecified atom stereocenters. The number of halogens is 1. The molecule has 0 N–H and O–H groups in total. The molecule has 2 heterocycles. The summed E-state index contributed by atoms with van der Waals surface area (Å²) >= 11 is 5.76. The Hall–Kier alpha value is -1.48. The molecule has 4 heteroatoms. The zero-order valence-electron chi connectivity index (χ0n) is 9.14. The number of allylic oxidation sites excluding steroid dienone is 4. The van der Waals surface area contributed by atoms with Gasteiger partial charge in [-0.05, 0) is 36.1 Å². The highest BCUT2D eigenvalue weighted by molar-refractivity contribution is 6.64. The first-order chi connectivity index (χ1) is 8.25. The fourth-order valence-electron chi connectivity index (χ4n) is 2.82. The van der Waals surface area contributed by atoms with Crippen LogP contribution in [0.15, 0.2) is 46.1 Å². The predicted molar refractivity (Wildman–Crippen MR) is 68.3 cm³/mol. The van der Waals surface area contributed by atoms with Crippen molar-refractivity contribution in [2.24, 2.45) is 21.3 Å². The molecule has 0 saturated carbocycles. The van der Waals surface area contributed by atoms with Crippen LogP contribution in [0.5, 0.6) is 0 Å². The minimum Gasteiger partial charge on any atom is -0.281 e. The van der Waals surface area contributed by atoms with Gasteiger partial charge in [0.15, 0.2) is 0 Å². The lowest BCUT2D eigenvalue weighted by molar-refractivity contribution is -0.117. The molecule has 0 radical (unpaired) electrons. The van der Waals surface area contributed by atoms with Crippen molar-refractivity contribution in [3.05, 3.63) is 36.1 Å². The van der Waals surface area contributed by atoms with Gasteiger partial charge in [0.1, 0.15) is 5.84 Å². The molecule has 86 valence electrons. The minimum absolute atomic E-state index is 0.262. The Bertz CT molecular complexity index is 528. The van der Waals surface area contributed by atoms with Crippen LogP contribution in [0, 0.1) is 11.3 Å². The summed E-state index contributed by atoms with van der Waals surface area (Å²) in [5.41, 5.74) is 0.651. The maximum Gasteiger partial charge on any atom is 0.226 e. The number of dihydropyridines is 1. The van der Waals surface area contributed by atoms with E-state index in [9.17, 15) is 4.79 Å². The van der Waals surface area contributed by atoms with E-state index in [1.165, 1.54) is 0 Å². The molecule has 1 aliphatic carbocycles. The Balaban J connectivity index is 2.20. The molecular formula is C13H11ClN2O. The normalized spacial score (nSPS) is 33.6. The number of carbonyl (C=O) groups is 1. The third-order valence-corrected chi connectivity index (χ3v) is 3.91. The van der Waals surface area contributed by atoms with Crippen LogP contribution in [-0.4, -0.2) is 17.3 Å². The summed E-state index contributed by atoms with van der Waals surface area (Å²) < 4.78 is 0. The lowest BCUT2D eigenvalue weighted by atomic mass is 9.62. The van der Waals surface area contributed by atoms with Crippen LogP contribution in [0.4, 0.5) is 0 Å². The summed E-state index contributed by atoms with van der Waals surface area (Å²) in [5.74, 6) is 0.447. The standard InChI is InChI=1S/C13H11ClN2O/c14-11(17)10-4-1-3-9-5-8-16-12-13(9,10)6-2-7-15-12/h1-3,5,7-8,10H,4,6H2. The van der Waals surface area contributed by atoms with Crippen molar-refractivity contribution in [3.63, 3.8) is 0 Å². The van der Waals surface area contributed by atoms with Crippen molar-refractivity contribution in [2.75, 3.05) is 0 Å². The number of hydrogen-bond donors (Lipinski definition) is 0. The predicted octanol–water partition coefficient (Wildman–Crippen LogP) is 2.64. The van der Waals surface area contributed by atoms with Crippen LogP contribution in [0.1, 0.15) is 12.8 Å². The van der Waals surface area contributed by atoms with Gasteiger partial charge in [0, 0.05) is 12.4 Å². The molecular weight excluding hydrogens is 236 g/mol. The lowest BCUT2D eigenvalue weighted by Gasteiger charge is -2.43. The van der Waals surface area contributed by atoms with Crippen LogP contribution in [0.25, 0.3) is 0 Å². The summed E-state index contributed by atoms with van der Waals surface area (Å²) in [5, 5.41) is -0.305. The van der Waals surface area contributed by atoms with Crippen molar-refractivity contribution in [1.29, 1.82) is 0 Å². The molecule has 17 heavy (non-hydrogen) atoms. The van der Waals surface area contributed by atoms with Crippen molar-refractivity contribution in [2.45, 2.75) is 12.8 Å². The van der Waals surface area contributed by atoms with Gasteiger partial charge in [-0.1, -0.05) is 18.2 Å². The van der Waals surface area contributed by atoms with E-state index < -0.39 is 5.41 Å². The number of rotatable bonds is 1. The summed E-state index contributed by atoms with van der Waals surface area (Å²) in [6, 6.07) is 0. The van der Waals surface area contributed by atoms with E-state index in [-0.39, 0.29) is 11.2 Å². The highest BCUT2D eigenvalue weighted by Crippen LogP contribution is 2.49. The second-order valence-corrected chi connectivity index (χ2v) is 4.78. The highest BCUT2D eigenvalue weighted by Gasteiger charge is 2.50. The van der Waals surface area contributed by atoms with E-state index >= 15 is 0 Å². The minimum atomic E-state index is -0.433. The Labute approximate surface area is 104 Å². The van der Waals surface area contributed by atoms with Gasteiger partial charge in [0.2, 0.25) is 5.24 Å². The van der Waals surface area contributed by atoms with Crippen LogP contribution in [0.3, 0.4) is 0 Å². The fourth-order valence-corrected chi connectivity index (χ4v) is 3.10. The van der Waals surface area contributed by atoms with E-state index in [4.69, 9.17) is 11.6 Å². The number of nitrogens with zero attached hydrogens (tertiary/aromatic N) is 2. The van der Waals surface area contributed by atoms with Gasteiger partial charge in [-0.2, -0.15) is 0 Å². The average molecular weight is 247 g/mol. The molecule has 3 nitrogen and oxygen atoms in total. The smallest absolute Gasteiger partial charge is 0.226 e. The maximum absolute atomic E-state index is 11.7. The lowest BCUT2D eigenvalue weighted by Crippen LogP contribution is -2.45. The molecule has 1 spiro atoms. The first kappa shape index (κ1) is 10.7. The van der Waals surface area contributed by atoms with Gasteiger partial charge < -0.3 is 0 Å². The second-order valence-electron chi connectivity index (χ2n) is 4.41. The van der Waals surface area contributed by atoms with Crippen LogP contribution in [0.2, 0.25) is 0 Å². The maximum atomic E-state index is 11.7. The Morgan fingerprint density at radius 3 is 3.18 bits per heavy atom. The molecule has 0 aromatic rings. The third kappa shape index (κ3) is 1.39. The highest BCUT2D eigenvalue weighted by atomic mass is 35.5. The van der Waals surface area contributed by atoms with Crippen molar-refractivity contribution in [3.8, 4) is 0 Å².